The van der Waals surface area contributed by atoms with Gasteiger partial charge in [-0.15, -0.1) is 0 Å². The van der Waals surface area contributed by atoms with E-state index in [0.29, 0.717) is 13.0 Å². The zero-order valence-corrected chi connectivity index (χ0v) is 15.9. The molecule has 1 atom stereocenters. The number of benzene rings is 1. The first-order chi connectivity index (χ1) is 11.3. The van der Waals surface area contributed by atoms with Crippen molar-refractivity contribution >= 4 is 21.5 Å². The van der Waals surface area contributed by atoms with Crippen molar-refractivity contribution in [1.29, 1.82) is 0 Å². The standard InChI is InChI=1S/C17H30N4O2S/c1-5-18-17(20-15(2)11-14-24(4,22)23)19-12-13-21(3)16-9-7-6-8-10-16/h6-10,15H,5,11-14H2,1-4H3,(H2,18,19,20). The van der Waals surface area contributed by atoms with Gasteiger partial charge in [-0.05, 0) is 32.4 Å². The van der Waals surface area contributed by atoms with E-state index in [4.69, 9.17) is 0 Å². The zero-order valence-electron chi connectivity index (χ0n) is 15.1. The number of hydrogen-bond acceptors (Lipinski definition) is 4. The number of hydrogen-bond donors (Lipinski definition) is 2. The van der Waals surface area contributed by atoms with Crippen molar-refractivity contribution in [2.24, 2.45) is 4.99 Å². The van der Waals surface area contributed by atoms with E-state index in [9.17, 15) is 8.42 Å². The van der Waals surface area contributed by atoms with E-state index in [1.807, 2.05) is 39.1 Å². The van der Waals surface area contributed by atoms with Crippen LogP contribution in [0.1, 0.15) is 20.3 Å². The summed E-state index contributed by atoms with van der Waals surface area (Å²) in [5, 5.41) is 6.46. The lowest BCUT2D eigenvalue weighted by Gasteiger charge is -2.20. The Morgan fingerprint density at radius 2 is 1.96 bits per heavy atom. The summed E-state index contributed by atoms with van der Waals surface area (Å²) in [6.07, 6.45) is 1.82. The van der Waals surface area contributed by atoms with E-state index in [1.54, 1.807) is 0 Å². The van der Waals surface area contributed by atoms with E-state index in [1.165, 1.54) is 6.26 Å². The second-order valence-electron chi connectivity index (χ2n) is 5.98. The summed E-state index contributed by atoms with van der Waals surface area (Å²) in [5.41, 5.74) is 1.16. The molecular formula is C17H30N4O2S. The summed E-state index contributed by atoms with van der Waals surface area (Å²) in [6, 6.07) is 10.2. The normalized spacial score (nSPS) is 13.4. The van der Waals surface area contributed by atoms with Gasteiger partial charge in [0.15, 0.2) is 5.96 Å². The Bertz CT molecular complexity index is 602. The van der Waals surface area contributed by atoms with E-state index in [2.05, 4.69) is 32.7 Å². The van der Waals surface area contributed by atoms with E-state index < -0.39 is 9.84 Å². The monoisotopic (exact) mass is 354 g/mol. The predicted octanol–water partition coefficient (Wildman–Crippen LogP) is 1.50. The van der Waals surface area contributed by atoms with Crippen LogP contribution in [-0.4, -0.2) is 59.1 Å². The second-order valence-corrected chi connectivity index (χ2v) is 8.24. The van der Waals surface area contributed by atoms with Crippen molar-refractivity contribution in [2.45, 2.75) is 26.3 Å². The average Bonchev–Trinajstić information content (AvgIpc) is 2.53. The molecule has 0 bridgehead atoms. The SMILES string of the molecule is CCNC(=NCCN(C)c1ccccc1)NC(C)CCS(C)(=O)=O. The summed E-state index contributed by atoms with van der Waals surface area (Å²) < 4.78 is 22.5. The Labute approximate surface area is 146 Å². The van der Waals surface area contributed by atoms with Crippen molar-refractivity contribution in [3.8, 4) is 0 Å². The zero-order chi connectivity index (χ0) is 18.0. The topological polar surface area (TPSA) is 73.8 Å². The number of likely N-dealkylation sites (N-methyl/N-ethyl adjacent to an activating group) is 1. The van der Waals surface area contributed by atoms with Crippen molar-refractivity contribution in [3.05, 3.63) is 30.3 Å². The molecule has 24 heavy (non-hydrogen) atoms. The van der Waals surface area contributed by atoms with Gasteiger partial charge in [0.05, 0.1) is 12.3 Å². The van der Waals surface area contributed by atoms with Gasteiger partial charge in [-0.2, -0.15) is 0 Å². The molecule has 0 radical (unpaired) electrons. The lowest BCUT2D eigenvalue weighted by molar-refractivity contribution is 0.581. The van der Waals surface area contributed by atoms with E-state index in [-0.39, 0.29) is 11.8 Å². The van der Waals surface area contributed by atoms with Gasteiger partial charge >= 0.3 is 0 Å². The number of nitrogens with zero attached hydrogens (tertiary/aromatic N) is 2. The van der Waals surface area contributed by atoms with Crippen LogP contribution in [0.5, 0.6) is 0 Å². The Kier molecular flexibility index (Phi) is 8.60. The Morgan fingerprint density at radius 3 is 2.54 bits per heavy atom. The van der Waals surface area contributed by atoms with Crippen LogP contribution in [0.2, 0.25) is 0 Å². The van der Waals surface area contributed by atoms with Gasteiger partial charge in [0.2, 0.25) is 0 Å². The molecule has 1 aromatic rings. The third-order valence-corrected chi connectivity index (χ3v) is 4.53. The highest BCUT2D eigenvalue weighted by molar-refractivity contribution is 7.90. The van der Waals surface area contributed by atoms with Gasteiger partial charge in [0.25, 0.3) is 0 Å². The van der Waals surface area contributed by atoms with Crippen molar-refractivity contribution in [3.63, 3.8) is 0 Å². The molecule has 6 nitrogen and oxygen atoms in total. The first-order valence-corrected chi connectivity index (χ1v) is 10.4. The molecule has 0 saturated carbocycles. The van der Waals surface area contributed by atoms with Crippen molar-refractivity contribution in [1.82, 2.24) is 10.6 Å². The minimum absolute atomic E-state index is 0.0457. The van der Waals surface area contributed by atoms with Crippen LogP contribution in [0.25, 0.3) is 0 Å². The van der Waals surface area contributed by atoms with E-state index in [0.717, 1.165) is 24.7 Å². The van der Waals surface area contributed by atoms with Crippen LogP contribution < -0.4 is 15.5 Å². The molecule has 2 N–H and O–H groups in total. The number of guanidine groups is 1. The van der Waals surface area contributed by atoms with Gasteiger partial charge in [-0.3, -0.25) is 4.99 Å². The van der Waals surface area contributed by atoms with Crippen LogP contribution in [0.3, 0.4) is 0 Å². The number of rotatable bonds is 9. The summed E-state index contributed by atoms with van der Waals surface area (Å²) >= 11 is 0. The number of sulfone groups is 1. The first-order valence-electron chi connectivity index (χ1n) is 8.30. The van der Waals surface area contributed by atoms with Crippen LogP contribution >= 0.6 is 0 Å². The number of aliphatic imine (C=N–C) groups is 1. The average molecular weight is 355 g/mol. The van der Waals surface area contributed by atoms with Gasteiger partial charge in [-0.1, -0.05) is 18.2 Å². The fourth-order valence-electron chi connectivity index (χ4n) is 2.14. The minimum atomic E-state index is -2.93. The lowest BCUT2D eigenvalue weighted by Crippen LogP contribution is -2.43. The molecule has 0 heterocycles. The number of nitrogens with one attached hydrogen (secondary N) is 2. The molecule has 0 amide bonds. The number of para-hydroxylation sites is 1. The maximum Gasteiger partial charge on any atom is 0.191 e. The molecule has 136 valence electrons. The summed E-state index contributed by atoms with van der Waals surface area (Å²) in [6.45, 7) is 6.19. The van der Waals surface area contributed by atoms with Crippen molar-refractivity contribution < 1.29 is 8.42 Å². The molecule has 0 saturated heterocycles. The molecular weight excluding hydrogens is 324 g/mol. The van der Waals surface area contributed by atoms with Crippen molar-refractivity contribution in [2.75, 3.05) is 43.6 Å². The highest BCUT2D eigenvalue weighted by Gasteiger charge is 2.09. The fraction of sp³-hybridized carbons (Fsp3) is 0.588. The largest absolute Gasteiger partial charge is 0.373 e. The molecule has 0 aromatic heterocycles. The Morgan fingerprint density at radius 1 is 1.29 bits per heavy atom. The molecule has 7 heteroatoms. The summed E-state index contributed by atoms with van der Waals surface area (Å²) in [4.78, 5) is 6.72. The highest BCUT2D eigenvalue weighted by Crippen LogP contribution is 2.09. The van der Waals surface area contributed by atoms with Crippen LogP contribution in [0, 0.1) is 0 Å². The lowest BCUT2D eigenvalue weighted by atomic mass is 10.3. The van der Waals surface area contributed by atoms with Gasteiger partial charge in [0.1, 0.15) is 9.84 Å². The smallest absolute Gasteiger partial charge is 0.191 e. The molecule has 1 unspecified atom stereocenters. The maximum absolute atomic E-state index is 11.2. The van der Waals surface area contributed by atoms with Crippen LogP contribution in [0.4, 0.5) is 5.69 Å². The van der Waals surface area contributed by atoms with Crippen LogP contribution in [-0.2, 0) is 9.84 Å². The van der Waals surface area contributed by atoms with E-state index >= 15 is 0 Å². The van der Waals surface area contributed by atoms with Gasteiger partial charge < -0.3 is 15.5 Å². The third kappa shape index (κ3) is 8.76. The Balaban J connectivity index is 2.49. The predicted molar refractivity (Wildman–Crippen MR) is 103 cm³/mol. The molecule has 0 spiro atoms. The fourth-order valence-corrected chi connectivity index (χ4v) is 2.92. The first kappa shape index (κ1) is 20.3. The van der Waals surface area contributed by atoms with Gasteiger partial charge in [0, 0.05) is 38.1 Å². The Hall–Kier alpha value is -1.76. The quantitative estimate of drug-likeness (QED) is 0.519. The molecule has 0 aliphatic carbocycles. The summed E-state index contributed by atoms with van der Waals surface area (Å²) in [5.74, 6) is 0.900. The maximum atomic E-state index is 11.2. The van der Waals surface area contributed by atoms with Gasteiger partial charge in [-0.25, -0.2) is 8.42 Å². The second kappa shape index (κ2) is 10.2. The highest BCUT2D eigenvalue weighted by atomic mass is 32.2. The molecule has 1 aromatic carbocycles. The summed E-state index contributed by atoms with van der Waals surface area (Å²) in [7, 11) is -0.891. The minimum Gasteiger partial charge on any atom is -0.373 e. The molecule has 0 fully saturated rings. The van der Waals surface area contributed by atoms with Crippen LogP contribution in [0.15, 0.2) is 35.3 Å². The third-order valence-electron chi connectivity index (χ3n) is 3.55. The molecule has 1 rings (SSSR count). The molecule has 0 aliphatic heterocycles. The number of anilines is 1. The molecule has 0 aliphatic rings.